The molecule has 1 aliphatic heterocycles. The van der Waals surface area contributed by atoms with Crippen LogP contribution in [-0.4, -0.2) is 42.0 Å². The van der Waals surface area contributed by atoms with E-state index in [-0.39, 0.29) is 5.91 Å². The minimum Gasteiger partial charge on any atom is -0.343 e. The first-order valence-electron chi connectivity index (χ1n) is 7.68. The molecule has 0 aromatic carbocycles. The van der Waals surface area contributed by atoms with Crippen LogP contribution < -0.4 is 5.32 Å². The summed E-state index contributed by atoms with van der Waals surface area (Å²) >= 11 is 0. The summed E-state index contributed by atoms with van der Waals surface area (Å²) in [6.45, 7) is 6.08. The summed E-state index contributed by atoms with van der Waals surface area (Å²) in [5.41, 5.74) is 1.00. The van der Waals surface area contributed by atoms with Gasteiger partial charge in [0, 0.05) is 31.4 Å². The third-order valence-corrected chi connectivity index (χ3v) is 3.97. The number of nitrogens with zero attached hydrogens (tertiary/aromatic N) is 2. The lowest BCUT2D eigenvalue weighted by atomic mass is 9.96. The van der Waals surface area contributed by atoms with Crippen molar-refractivity contribution in [1.29, 1.82) is 0 Å². The van der Waals surface area contributed by atoms with Crippen molar-refractivity contribution in [2.24, 2.45) is 5.92 Å². The number of pyridine rings is 1. The molecule has 0 aliphatic carbocycles. The first kappa shape index (κ1) is 15.0. The third kappa shape index (κ3) is 4.60. The molecule has 4 nitrogen and oxygen atoms in total. The molecule has 0 atom stereocenters. The van der Waals surface area contributed by atoms with Crippen LogP contribution in [0.4, 0.5) is 0 Å². The topological polar surface area (TPSA) is 45.2 Å². The maximum atomic E-state index is 12.2. The molecule has 1 amide bonds. The predicted octanol–water partition coefficient (Wildman–Crippen LogP) is 1.86. The third-order valence-electron chi connectivity index (χ3n) is 3.97. The van der Waals surface area contributed by atoms with E-state index >= 15 is 0 Å². The van der Waals surface area contributed by atoms with Crippen LogP contribution >= 0.6 is 0 Å². The molecule has 1 fully saturated rings. The second kappa shape index (κ2) is 8.00. The van der Waals surface area contributed by atoms with Crippen LogP contribution in [0.3, 0.4) is 0 Å². The maximum absolute atomic E-state index is 12.2. The molecule has 1 N–H and O–H groups in total. The highest BCUT2D eigenvalue weighted by Gasteiger charge is 2.22. The molecule has 4 heteroatoms. The Morgan fingerprint density at radius 2 is 2.20 bits per heavy atom. The minimum absolute atomic E-state index is 0.276. The summed E-state index contributed by atoms with van der Waals surface area (Å²) in [6.07, 6.45) is 5.36. The number of carbonyl (C=O) groups is 1. The molecular weight excluding hydrogens is 250 g/mol. The normalized spacial score (nSPS) is 16.4. The van der Waals surface area contributed by atoms with Crippen molar-refractivity contribution in [3.63, 3.8) is 0 Å². The fourth-order valence-electron chi connectivity index (χ4n) is 2.67. The number of nitrogens with one attached hydrogen (secondary N) is 1. The Kier molecular flexibility index (Phi) is 5.99. The molecule has 110 valence electrons. The molecule has 2 heterocycles. The summed E-state index contributed by atoms with van der Waals surface area (Å²) < 4.78 is 0. The van der Waals surface area contributed by atoms with Gasteiger partial charge in [-0.05, 0) is 50.4 Å². The molecule has 1 aromatic heterocycles. The van der Waals surface area contributed by atoms with Crippen molar-refractivity contribution in [1.82, 2.24) is 15.2 Å². The second-order valence-corrected chi connectivity index (χ2v) is 5.45. The number of piperidine rings is 1. The number of likely N-dealkylation sites (tertiary alicyclic amines) is 1. The number of aromatic nitrogens is 1. The number of hydrogen-bond acceptors (Lipinski definition) is 3. The second-order valence-electron chi connectivity index (χ2n) is 5.45. The van der Waals surface area contributed by atoms with Gasteiger partial charge in [-0.3, -0.25) is 9.78 Å². The zero-order chi connectivity index (χ0) is 14.2. The van der Waals surface area contributed by atoms with Crippen LogP contribution in [0, 0.1) is 5.92 Å². The van der Waals surface area contributed by atoms with Crippen LogP contribution in [0.5, 0.6) is 0 Å². The standard InChI is InChI=1S/C16H25N3O/c1-2-17-13-14-8-11-19(12-9-14)16(20)7-6-15-5-3-4-10-18-15/h3-5,10,14,17H,2,6-9,11-13H2,1H3. The van der Waals surface area contributed by atoms with Gasteiger partial charge in [0.15, 0.2) is 0 Å². The van der Waals surface area contributed by atoms with Gasteiger partial charge in [0.2, 0.25) is 5.91 Å². The van der Waals surface area contributed by atoms with Gasteiger partial charge >= 0.3 is 0 Å². The maximum Gasteiger partial charge on any atom is 0.222 e. The van der Waals surface area contributed by atoms with Crippen LogP contribution in [0.15, 0.2) is 24.4 Å². The fraction of sp³-hybridized carbons (Fsp3) is 0.625. The Morgan fingerprint density at radius 1 is 1.40 bits per heavy atom. The van der Waals surface area contributed by atoms with Crippen molar-refractivity contribution < 1.29 is 4.79 Å². The molecule has 0 unspecified atom stereocenters. The van der Waals surface area contributed by atoms with E-state index in [9.17, 15) is 4.79 Å². The first-order valence-corrected chi connectivity index (χ1v) is 7.68. The van der Waals surface area contributed by atoms with Crippen molar-refractivity contribution in [3.05, 3.63) is 30.1 Å². The Hall–Kier alpha value is -1.42. The van der Waals surface area contributed by atoms with E-state index < -0.39 is 0 Å². The first-order chi connectivity index (χ1) is 9.79. The van der Waals surface area contributed by atoms with Crippen LogP contribution in [0.25, 0.3) is 0 Å². The van der Waals surface area contributed by atoms with Gasteiger partial charge in [0.25, 0.3) is 0 Å². The molecule has 1 aliphatic rings. The molecule has 0 radical (unpaired) electrons. The van der Waals surface area contributed by atoms with E-state index in [4.69, 9.17) is 0 Å². The monoisotopic (exact) mass is 275 g/mol. The molecule has 0 spiro atoms. The SMILES string of the molecule is CCNCC1CCN(C(=O)CCc2ccccn2)CC1. The highest BCUT2D eigenvalue weighted by molar-refractivity contribution is 5.76. The van der Waals surface area contributed by atoms with Gasteiger partial charge in [-0.25, -0.2) is 0 Å². The van der Waals surface area contributed by atoms with Crippen molar-refractivity contribution in [2.75, 3.05) is 26.2 Å². The van der Waals surface area contributed by atoms with Gasteiger partial charge in [0.1, 0.15) is 0 Å². The van der Waals surface area contributed by atoms with E-state index in [1.807, 2.05) is 23.1 Å². The molecule has 20 heavy (non-hydrogen) atoms. The molecular formula is C16H25N3O. The zero-order valence-electron chi connectivity index (χ0n) is 12.3. The summed E-state index contributed by atoms with van der Waals surface area (Å²) in [5.74, 6) is 1.01. The van der Waals surface area contributed by atoms with E-state index in [2.05, 4.69) is 17.2 Å². The average Bonchev–Trinajstić information content (AvgIpc) is 2.52. The number of amides is 1. The lowest BCUT2D eigenvalue weighted by Crippen LogP contribution is -2.40. The van der Waals surface area contributed by atoms with Gasteiger partial charge in [-0.2, -0.15) is 0 Å². The molecule has 1 saturated heterocycles. The predicted molar refractivity (Wildman–Crippen MR) is 80.4 cm³/mol. The number of hydrogen-bond donors (Lipinski definition) is 1. The van der Waals surface area contributed by atoms with Crippen molar-refractivity contribution >= 4 is 5.91 Å². The molecule has 0 saturated carbocycles. The fourth-order valence-corrected chi connectivity index (χ4v) is 2.67. The Balaban J connectivity index is 1.69. The van der Waals surface area contributed by atoms with E-state index in [0.717, 1.165) is 57.1 Å². The van der Waals surface area contributed by atoms with Crippen molar-refractivity contribution in [3.8, 4) is 0 Å². The van der Waals surface area contributed by atoms with Gasteiger partial charge in [-0.15, -0.1) is 0 Å². The van der Waals surface area contributed by atoms with Crippen LogP contribution in [0.1, 0.15) is 31.9 Å². The van der Waals surface area contributed by atoms with Gasteiger partial charge in [-0.1, -0.05) is 13.0 Å². The van der Waals surface area contributed by atoms with Gasteiger partial charge < -0.3 is 10.2 Å². The number of rotatable bonds is 6. The Labute approximate surface area is 121 Å². The molecule has 1 aromatic rings. The zero-order valence-corrected chi connectivity index (χ0v) is 12.3. The number of carbonyl (C=O) groups excluding carboxylic acids is 1. The highest BCUT2D eigenvalue weighted by atomic mass is 16.2. The summed E-state index contributed by atoms with van der Waals surface area (Å²) in [4.78, 5) is 18.5. The average molecular weight is 275 g/mol. The van der Waals surface area contributed by atoms with Crippen LogP contribution in [-0.2, 0) is 11.2 Å². The lowest BCUT2D eigenvalue weighted by molar-refractivity contribution is -0.132. The lowest BCUT2D eigenvalue weighted by Gasteiger charge is -2.32. The van der Waals surface area contributed by atoms with E-state index in [0.29, 0.717) is 6.42 Å². The Bertz CT molecular complexity index is 399. The quantitative estimate of drug-likeness (QED) is 0.862. The largest absolute Gasteiger partial charge is 0.343 e. The van der Waals surface area contributed by atoms with Crippen LogP contribution in [0.2, 0.25) is 0 Å². The van der Waals surface area contributed by atoms with Crippen molar-refractivity contribution in [2.45, 2.75) is 32.6 Å². The summed E-state index contributed by atoms with van der Waals surface area (Å²) in [6, 6.07) is 5.86. The minimum atomic E-state index is 0.276. The summed E-state index contributed by atoms with van der Waals surface area (Å²) in [5, 5.41) is 3.40. The van der Waals surface area contributed by atoms with Gasteiger partial charge in [0.05, 0.1) is 0 Å². The van der Waals surface area contributed by atoms with E-state index in [1.54, 1.807) is 6.20 Å². The Morgan fingerprint density at radius 3 is 2.85 bits per heavy atom. The number of aryl methyl sites for hydroxylation is 1. The smallest absolute Gasteiger partial charge is 0.222 e. The molecule has 0 bridgehead atoms. The van der Waals surface area contributed by atoms with E-state index in [1.165, 1.54) is 0 Å². The molecule has 2 rings (SSSR count). The summed E-state index contributed by atoms with van der Waals surface area (Å²) in [7, 11) is 0. The highest BCUT2D eigenvalue weighted by Crippen LogP contribution is 2.17.